The van der Waals surface area contributed by atoms with Gasteiger partial charge in [-0.1, -0.05) is 39.0 Å². The summed E-state index contributed by atoms with van der Waals surface area (Å²) < 4.78 is 6.83. The van der Waals surface area contributed by atoms with Gasteiger partial charge in [0.25, 0.3) is 0 Å². The van der Waals surface area contributed by atoms with Gasteiger partial charge in [-0.15, -0.1) is 24.5 Å². The summed E-state index contributed by atoms with van der Waals surface area (Å²) in [6, 6.07) is 6.15. The molecule has 8 heteroatoms. The molecule has 2 heterocycles. The van der Waals surface area contributed by atoms with Crippen molar-refractivity contribution in [1.82, 2.24) is 20.2 Å². The minimum Gasteiger partial charge on any atom is -0.490 e. The molecule has 0 aliphatic heterocycles. The molecule has 2 aliphatic rings. The maximum absolute atomic E-state index is 13.9. The van der Waals surface area contributed by atoms with E-state index in [-0.39, 0.29) is 29.4 Å². The number of nitrogens with zero attached hydrogens (tertiary/aromatic N) is 3. The Labute approximate surface area is 278 Å². The van der Waals surface area contributed by atoms with Gasteiger partial charge >= 0.3 is 0 Å². The predicted octanol–water partition coefficient (Wildman–Crippen LogP) is 8.16. The largest absolute Gasteiger partial charge is 0.490 e. The molecule has 2 aromatic heterocycles. The number of ether oxygens (including phenoxy) is 1. The molecule has 2 saturated carbocycles. The number of rotatable bonds is 14. The van der Waals surface area contributed by atoms with Gasteiger partial charge in [0.2, 0.25) is 11.8 Å². The monoisotopic (exact) mass is 642 g/mol. The molecule has 246 valence electrons. The fraction of sp³-hybridized carbons (Fsp3) is 0.526. The number of unbranched alkanes of at least 4 members (excludes halogenated alkanes) is 2. The van der Waals surface area contributed by atoms with E-state index >= 15 is 0 Å². The number of aromatic nitrogens is 2. The third kappa shape index (κ3) is 6.92. The minimum atomic E-state index is -0.466. The number of allylic oxidation sites excluding steroid dienone is 1. The summed E-state index contributed by atoms with van der Waals surface area (Å²) >= 11 is 1.59. The average molecular weight is 643 g/mol. The van der Waals surface area contributed by atoms with Crippen LogP contribution >= 0.6 is 11.3 Å². The van der Waals surface area contributed by atoms with Gasteiger partial charge in [0.05, 0.1) is 23.0 Å². The molecule has 7 nitrogen and oxygen atoms in total. The summed E-state index contributed by atoms with van der Waals surface area (Å²) in [5.74, 6) is 0.365. The highest BCUT2D eigenvalue weighted by Crippen LogP contribution is 2.48. The molecule has 1 aromatic carbocycles. The Morgan fingerprint density at radius 2 is 1.93 bits per heavy atom. The van der Waals surface area contributed by atoms with E-state index in [0.29, 0.717) is 25.3 Å². The van der Waals surface area contributed by atoms with Crippen LogP contribution in [0.25, 0.3) is 21.6 Å². The van der Waals surface area contributed by atoms with Crippen LogP contribution in [-0.2, 0) is 9.59 Å². The topological polar surface area (TPSA) is 84.4 Å². The lowest BCUT2D eigenvalue weighted by Gasteiger charge is -2.26. The molecule has 0 spiro atoms. The fourth-order valence-electron chi connectivity index (χ4n) is 6.85. The SMILES string of the molecule is C=CCCCCN(C)C(=O)[C@@H]1C[C@H](Oc2cc(-c3nc(C(C)C)cs3)nc3c(C)c(C)ccc23)C[C@H]1C(=O)N[C@]1(CC)C[C@H]1C=C. The van der Waals surface area contributed by atoms with Crippen molar-refractivity contribution in [2.45, 2.75) is 97.1 Å². The zero-order valence-corrected chi connectivity index (χ0v) is 29.2. The third-order valence-corrected chi connectivity index (χ3v) is 11.1. The van der Waals surface area contributed by atoms with Crippen LogP contribution in [0.3, 0.4) is 0 Å². The first-order valence-corrected chi connectivity index (χ1v) is 17.7. The van der Waals surface area contributed by atoms with Crippen molar-refractivity contribution < 1.29 is 14.3 Å². The normalized spacial score (nSPS) is 23.8. The van der Waals surface area contributed by atoms with Gasteiger partial charge in [-0.2, -0.15) is 0 Å². The zero-order valence-electron chi connectivity index (χ0n) is 28.4. The van der Waals surface area contributed by atoms with Crippen LogP contribution in [-0.4, -0.2) is 51.9 Å². The van der Waals surface area contributed by atoms with Crippen molar-refractivity contribution in [3.8, 4) is 16.5 Å². The van der Waals surface area contributed by atoms with Crippen LogP contribution in [0.15, 0.2) is 48.9 Å². The molecule has 1 N–H and O–H groups in total. The van der Waals surface area contributed by atoms with Gasteiger partial charge < -0.3 is 15.0 Å². The number of fused-ring (bicyclic) bond motifs is 1. The van der Waals surface area contributed by atoms with E-state index in [1.165, 1.54) is 0 Å². The molecular weight excluding hydrogens is 593 g/mol. The maximum Gasteiger partial charge on any atom is 0.226 e. The zero-order chi connectivity index (χ0) is 33.2. The van der Waals surface area contributed by atoms with Crippen molar-refractivity contribution in [1.29, 1.82) is 0 Å². The van der Waals surface area contributed by atoms with E-state index < -0.39 is 11.8 Å². The highest BCUT2D eigenvalue weighted by atomic mass is 32.1. The molecule has 3 aromatic rings. The van der Waals surface area contributed by atoms with Crippen LogP contribution in [0.5, 0.6) is 5.75 Å². The number of pyridine rings is 1. The van der Waals surface area contributed by atoms with Crippen molar-refractivity contribution in [3.63, 3.8) is 0 Å². The summed E-state index contributed by atoms with van der Waals surface area (Å²) in [6.07, 6.45) is 9.05. The highest BCUT2D eigenvalue weighted by molar-refractivity contribution is 7.13. The molecule has 0 bridgehead atoms. The van der Waals surface area contributed by atoms with Gasteiger partial charge in [0.1, 0.15) is 22.6 Å². The quantitative estimate of drug-likeness (QED) is 0.142. The smallest absolute Gasteiger partial charge is 0.226 e. The Bertz CT molecular complexity index is 1610. The summed E-state index contributed by atoms with van der Waals surface area (Å²) in [4.78, 5) is 39.6. The average Bonchev–Trinajstić information content (AvgIpc) is 3.34. The van der Waals surface area contributed by atoms with Gasteiger partial charge in [-0.3, -0.25) is 9.59 Å². The summed E-state index contributed by atoms with van der Waals surface area (Å²) in [5, 5.41) is 7.23. The van der Waals surface area contributed by atoms with E-state index in [4.69, 9.17) is 14.7 Å². The predicted molar refractivity (Wildman–Crippen MR) is 188 cm³/mol. The van der Waals surface area contributed by atoms with Crippen LogP contribution in [0.1, 0.15) is 88.5 Å². The molecule has 2 fully saturated rings. The number of aryl methyl sites for hydroxylation is 2. The molecule has 46 heavy (non-hydrogen) atoms. The lowest BCUT2D eigenvalue weighted by molar-refractivity contribution is -0.140. The second-order valence-corrected chi connectivity index (χ2v) is 14.5. The van der Waals surface area contributed by atoms with E-state index in [9.17, 15) is 9.59 Å². The van der Waals surface area contributed by atoms with Gasteiger partial charge in [-0.25, -0.2) is 9.97 Å². The maximum atomic E-state index is 13.9. The first-order valence-electron chi connectivity index (χ1n) is 16.9. The number of thiazole rings is 1. The molecule has 0 unspecified atom stereocenters. The van der Waals surface area contributed by atoms with Crippen LogP contribution in [0, 0.1) is 31.6 Å². The second kappa shape index (κ2) is 14.1. The van der Waals surface area contributed by atoms with Crippen molar-refractivity contribution in [2.24, 2.45) is 17.8 Å². The highest BCUT2D eigenvalue weighted by Gasteiger charge is 2.54. The van der Waals surface area contributed by atoms with Crippen molar-refractivity contribution >= 4 is 34.1 Å². The lowest BCUT2D eigenvalue weighted by atomic mass is 9.93. The van der Waals surface area contributed by atoms with Gasteiger partial charge in [0, 0.05) is 41.9 Å². The third-order valence-electron chi connectivity index (χ3n) is 10.2. The lowest BCUT2D eigenvalue weighted by Crippen LogP contribution is -2.45. The molecule has 5 atom stereocenters. The molecule has 0 saturated heterocycles. The Morgan fingerprint density at radius 1 is 1.17 bits per heavy atom. The first kappa shape index (κ1) is 33.8. The van der Waals surface area contributed by atoms with Gasteiger partial charge in [-0.05, 0) is 81.9 Å². The molecular formula is C38H50N4O3S. The fourth-order valence-corrected chi connectivity index (χ4v) is 7.80. The number of carbonyl (C=O) groups is 2. The van der Waals surface area contributed by atoms with Crippen molar-refractivity contribution in [3.05, 3.63) is 65.7 Å². The van der Waals surface area contributed by atoms with E-state index in [1.807, 2.05) is 25.3 Å². The van der Waals surface area contributed by atoms with Crippen LogP contribution < -0.4 is 10.1 Å². The Morgan fingerprint density at radius 3 is 2.59 bits per heavy atom. The molecule has 5 rings (SSSR count). The second-order valence-electron chi connectivity index (χ2n) is 13.7. The number of nitrogens with one attached hydrogen (secondary N) is 1. The number of hydrogen-bond acceptors (Lipinski definition) is 6. The number of hydrogen-bond donors (Lipinski definition) is 1. The molecule has 2 aliphatic carbocycles. The summed E-state index contributed by atoms with van der Waals surface area (Å²) in [6.45, 7) is 19.0. The Hall–Kier alpha value is -3.52. The van der Waals surface area contributed by atoms with Gasteiger partial charge in [0.15, 0.2) is 0 Å². The van der Waals surface area contributed by atoms with E-state index in [0.717, 1.165) is 76.3 Å². The van der Waals surface area contributed by atoms with E-state index in [2.05, 4.69) is 70.6 Å². The summed E-state index contributed by atoms with van der Waals surface area (Å²) in [7, 11) is 1.86. The Balaban J connectivity index is 1.45. The molecule has 2 amide bonds. The van der Waals surface area contributed by atoms with E-state index in [1.54, 1.807) is 16.2 Å². The first-order chi connectivity index (χ1) is 22.0. The Kier molecular flexibility index (Phi) is 10.4. The van der Waals surface area contributed by atoms with Crippen LogP contribution in [0.2, 0.25) is 0 Å². The summed E-state index contributed by atoms with van der Waals surface area (Å²) in [5.41, 5.74) is 4.72. The number of amides is 2. The number of benzene rings is 1. The number of carbonyl (C=O) groups excluding carboxylic acids is 2. The minimum absolute atomic E-state index is 0.0159. The standard InChI is InChI=1S/C38H50N4O3S/c1-9-12-13-14-17-42(8)37(44)30-19-27(18-29(30)35(43)41-38(11-3)21-26(38)10-2)45-33-20-31(36-40-32(22-46-36)23(4)5)39-34-25(7)24(6)15-16-28(33)34/h9-10,15-16,20,22-23,26-27,29-30H,1-2,11-14,17-19,21H2,3-8H3,(H,41,43)/t26-,27-,29-,30-,38-/m1/s1. The van der Waals surface area contributed by atoms with Crippen molar-refractivity contribution in [2.75, 3.05) is 13.6 Å². The van der Waals surface area contributed by atoms with Crippen LogP contribution in [0.4, 0.5) is 0 Å². The molecule has 0 radical (unpaired) electrons.